The molecule has 3 aliphatic rings. The highest BCUT2D eigenvalue weighted by Gasteiger charge is 2.64. The Morgan fingerprint density at radius 2 is 1.74 bits per heavy atom. The SMILES string of the molecule is COC(=O)c1ccc(CCCc2cc(C(C)C)c3c(c2O)C(O)=C2C(=O)[C@]4(O)C(O)=C(C(N)=O)C(=O)[C@H](N(C)C)[C@@H]4C[C@@H]2C3)cc1. The van der Waals surface area contributed by atoms with Crippen LogP contribution in [-0.2, 0) is 38.4 Å². The van der Waals surface area contributed by atoms with Gasteiger partial charge in [-0.05, 0) is 92.4 Å². The Balaban J connectivity index is 1.55. The van der Waals surface area contributed by atoms with Crippen LogP contribution in [0.5, 0.6) is 5.75 Å². The fourth-order valence-electron chi connectivity index (χ4n) is 7.51. The number of phenols is 1. The summed E-state index contributed by atoms with van der Waals surface area (Å²) in [6, 6.07) is 7.87. The second-order valence-electron chi connectivity index (χ2n) is 13.0. The number of likely N-dealkylation sites (N-methyl/N-ethyl adjacent to an activating group) is 1. The van der Waals surface area contributed by atoms with Crippen LogP contribution in [0, 0.1) is 11.8 Å². The van der Waals surface area contributed by atoms with Gasteiger partial charge in [0.25, 0.3) is 5.91 Å². The smallest absolute Gasteiger partial charge is 0.337 e. The van der Waals surface area contributed by atoms with Crippen LogP contribution >= 0.6 is 0 Å². The van der Waals surface area contributed by atoms with Gasteiger partial charge in [-0.25, -0.2) is 4.79 Å². The Labute approximate surface area is 267 Å². The van der Waals surface area contributed by atoms with E-state index in [9.17, 15) is 39.6 Å². The number of Topliss-reactive ketones (excluding diaryl/α,β-unsaturated/α-hetero) is 2. The number of benzene rings is 2. The summed E-state index contributed by atoms with van der Waals surface area (Å²) in [7, 11) is 4.46. The number of nitrogens with zero attached hydrogens (tertiary/aromatic N) is 1. The molecule has 0 radical (unpaired) electrons. The van der Waals surface area contributed by atoms with Crippen molar-refractivity contribution in [3.05, 3.63) is 80.6 Å². The number of aromatic hydroxyl groups is 1. The molecule has 5 rings (SSSR count). The number of phenolic OH excluding ortho intramolecular Hbond substituents is 1. The number of aliphatic hydroxyl groups excluding tert-OH is 2. The summed E-state index contributed by atoms with van der Waals surface area (Å²) in [6.45, 7) is 3.99. The zero-order chi connectivity index (χ0) is 33.8. The zero-order valence-corrected chi connectivity index (χ0v) is 26.6. The molecule has 0 bridgehead atoms. The zero-order valence-electron chi connectivity index (χ0n) is 26.6. The van der Waals surface area contributed by atoms with Crippen LogP contribution in [0.3, 0.4) is 0 Å². The molecule has 3 aliphatic carbocycles. The minimum atomic E-state index is -2.68. The lowest BCUT2D eigenvalue weighted by Gasteiger charge is -2.50. The number of aryl methyl sites for hydroxylation is 2. The topological polar surface area (TPSA) is 188 Å². The lowest BCUT2D eigenvalue weighted by Crippen LogP contribution is -2.65. The van der Waals surface area contributed by atoms with Crippen molar-refractivity contribution in [2.45, 2.75) is 63.5 Å². The molecule has 46 heavy (non-hydrogen) atoms. The van der Waals surface area contributed by atoms with E-state index in [0.717, 1.165) is 11.1 Å². The van der Waals surface area contributed by atoms with Gasteiger partial charge in [0, 0.05) is 11.5 Å². The summed E-state index contributed by atoms with van der Waals surface area (Å²) in [5.41, 5.74) is 5.43. The van der Waals surface area contributed by atoms with E-state index in [2.05, 4.69) is 0 Å². The van der Waals surface area contributed by atoms with Gasteiger partial charge in [-0.2, -0.15) is 0 Å². The minimum Gasteiger partial charge on any atom is -0.508 e. The Bertz CT molecular complexity index is 1700. The molecule has 4 atom stereocenters. The first-order valence-electron chi connectivity index (χ1n) is 15.3. The van der Waals surface area contributed by atoms with Crippen molar-refractivity contribution < 1.29 is 44.3 Å². The second-order valence-corrected chi connectivity index (χ2v) is 13.0. The number of hydrogen-bond acceptors (Lipinski definition) is 10. The van der Waals surface area contributed by atoms with Gasteiger partial charge < -0.3 is 30.9 Å². The molecule has 0 unspecified atom stereocenters. The molecule has 6 N–H and O–H groups in total. The highest BCUT2D eigenvalue weighted by Crippen LogP contribution is 2.53. The van der Waals surface area contributed by atoms with Crippen molar-refractivity contribution in [2.75, 3.05) is 21.2 Å². The number of fused-ring (bicyclic) bond motifs is 3. The summed E-state index contributed by atoms with van der Waals surface area (Å²) in [5.74, 6) is -7.02. The van der Waals surface area contributed by atoms with Crippen LogP contribution in [0.2, 0.25) is 0 Å². The monoisotopic (exact) mass is 632 g/mol. The van der Waals surface area contributed by atoms with Crippen molar-refractivity contribution in [1.82, 2.24) is 4.90 Å². The fraction of sp³-hybridized carbons (Fsp3) is 0.429. The predicted octanol–water partition coefficient (Wildman–Crippen LogP) is 3.05. The Morgan fingerprint density at radius 3 is 2.30 bits per heavy atom. The van der Waals surface area contributed by atoms with Crippen LogP contribution in [0.15, 0.2) is 47.2 Å². The van der Waals surface area contributed by atoms with Crippen molar-refractivity contribution in [1.29, 1.82) is 0 Å². The number of methoxy groups -OCH3 is 1. The lowest BCUT2D eigenvalue weighted by molar-refractivity contribution is -0.153. The van der Waals surface area contributed by atoms with E-state index in [1.54, 1.807) is 26.2 Å². The van der Waals surface area contributed by atoms with Gasteiger partial charge in [0.05, 0.1) is 24.3 Å². The van der Waals surface area contributed by atoms with E-state index in [-0.39, 0.29) is 35.6 Å². The fourth-order valence-corrected chi connectivity index (χ4v) is 7.51. The van der Waals surface area contributed by atoms with Gasteiger partial charge in [0.1, 0.15) is 22.8 Å². The number of primary amides is 1. The highest BCUT2D eigenvalue weighted by atomic mass is 16.5. The summed E-state index contributed by atoms with van der Waals surface area (Å²) in [5, 5.41) is 46.2. The van der Waals surface area contributed by atoms with Crippen LogP contribution in [-0.4, -0.2) is 81.6 Å². The molecule has 1 amide bonds. The molecule has 1 saturated carbocycles. The maximum atomic E-state index is 14.2. The van der Waals surface area contributed by atoms with Crippen molar-refractivity contribution in [3.8, 4) is 5.75 Å². The van der Waals surface area contributed by atoms with Gasteiger partial charge in [-0.15, -0.1) is 0 Å². The number of ether oxygens (including phenoxy) is 1. The number of rotatable bonds is 8. The summed E-state index contributed by atoms with van der Waals surface area (Å²) >= 11 is 0. The molecular formula is C35H40N2O9. The number of esters is 1. The van der Waals surface area contributed by atoms with Crippen molar-refractivity contribution in [3.63, 3.8) is 0 Å². The summed E-state index contributed by atoms with van der Waals surface area (Å²) < 4.78 is 4.75. The number of carbonyl (C=O) groups is 4. The van der Waals surface area contributed by atoms with Crippen LogP contribution < -0.4 is 5.73 Å². The number of nitrogens with two attached hydrogens (primary N) is 1. The van der Waals surface area contributed by atoms with Crippen molar-refractivity contribution in [2.24, 2.45) is 17.6 Å². The molecule has 0 spiro atoms. The second kappa shape index (κ2) is 12.0. The molecule has 0 aromatic heterocycles. The summed E-state index contributed by atoms with van der Waals surface area (Å²) in [4.78, 5) is 52.9. The summed E-state index contributed by atoms with van der Waals surface area (Å²) in [6.07, 6.45) is 2.03. The van der Waals surface area contributed by atoms with Crippen LogP contribution in [0.25, 0.3) is 5.76 Å². The Kier molecular flexibility index (Phi) is 8.61. The predicted molar refractivity (Wildman–Crippen MR) is 168 cm³/mol. The standard InChI is InChI=1S/C35H40N2O9/c1-16(2)21-13-19(8-6-7-17-9-11-18(12-10-17)34(44)46-5)28(38)25-22(21)14-20-15-23-27(37(3)4)30(40)26(33(36)43)32(42)35(23,45)31(41)24(20)29(25)39/h9-13,16,20,23,27,38-39,42,45H,6-8,14-15H2,1-5H3,(H2,36,43)/t20-,23-,27+,35-/m0/s1. The highest BCUT2D eigenvalue weighted by molar-refractivity contribution is 6.24. The Morgan fingerprint density at radius 1 is 1.09 bits per heavy atom. The van der Waals surface area contributed by atoms with Crippen LogP contribution in [0.4, 0.5) is 0 Å². The molecular weight excluding hydrogens is 592 g/mol. The largest absolute Gasteiger partial charge is 0.508 e. The van der Waals surface area contributed by atoms with E-state index in [4.69, 9.17) is 10.5 Å². The lowest BCUT2D eigenvalue weighted by atomic mass is 9.57. The maximum Gasteiger partial charge on any atom is 0.337 e. The van der Waals surface area contributed by atoms with E-state index in [1.807, 2.05) is 32.0 Å². The normalized spacial score (nSPS) is 24.2. The van der Waals surface area contributed by atoms with Gasteiger partial charge in [0.15, 0.2) is 11.4 Å². The average molecular weight is 633 g/mol. The van der Waals surface area contributed by atoms with E-state index < -0.39 is 64.0 Å². The quantitative estimate of drug-likeness (QED) is 0.214. The first kappa shape index (κ1) is 32.9. The first-order valence-corrected chi connectivity index (χ1v) is 15.3. The van der Waals surface area contributed by atoms with Crippen LogP contribution in [0.1, 0.15) is 70.8 Å². The molecule has 11 nitrogen and oxygen atoms in total. The molecule has 1 fully saturated rings. The van der Waals surface area contributed by atoms with Gasteiger partial charge in [0.2, 0.25) is 5.78 Å². The number of amides is 1. The molecule has 11 heteroatoms. The molecule has 0 aliphatic heterocycles. The Hall–Kier alpha value is -4.48. The third-order valence-corrected chi connectivity index (χ3v) is 9.74. The molecule has 244 valence electrons. The average Bonchev–Trinajstić information content (AvgIpc) is 2.99. The van der Waals surface area contributed by atoms with Gasteiger partial charge in [-0.1, -0.05) is 32.0 Å². The van der Waals surface area contributed by atoms with E-state index in [1.165, 1.54) is 12.0 Å². The van der Waals surface area contributed by atoms with Gasteiger partial charge in [-0.3, -0.25) is 19.3 Å². The molecule has 2 aromatic rings. The molecule has 0 saturated heterocycles. The van der Waals surface area contributed by atoms with E-state index in [0.29, 0.717) is 36.0 Å². The number of carbonyl (C=O) groups excluding carboxylic acids is 4. The first-order chi connectivity index (χ1) is 21.6. The minimum absolute atomic E-state index is 0.000394. The third-order valence-electron chi connectivity index (χ3n) is 9.74. The third kappa shape index (κ3) is 5.07. The molecule has 0 heterocycles. The number of ketones is 2. The molecule has 2 aromatic carbocycles. The van der Waals surface area contributed by atoms with Crippen molar-refractivity contribution >= 4 is 29.2 Å². The van der Waals surface area contributed by atoms with Gasteiger partial charge >= 0.3 is 5.97 Å². The van der Waals surface area contributed by atoms with E-state index >= 15 is 0 Å². The maximum absolute atomic E-state index is 14.2. The number of aliphatic hydroxyl groups is 3. The number of hydrogen-bond donors (Lipinski definition) is 5.